The third-order valence-corrected chi connectivity index (χ3v) is 6.99. The lowest BCUT2D eigenvalue weighted by molar-refractivity contribution is -0.118. The number of para-hydroxylation sites is 1. The van der Waals surface area contributed by atoms with Crippen LogP contribution in [0.3, 0.4) is 0 Å². The van der Waals surface area contributed by atoms with Crippen molar-refractivity contribution in [2.45, 2.75) is 49.7 Å². The predicted molar refractivity (Wildman–Crippen MR) is 95.3 cm³/mol. The van der Waals surface area contributed by atoms with E-state index in [2.05, 4.69) is 15.5 Å². The SMILES string of the molecule is C[C@@H](C(=O)N1CCCc2ccccc21)S(=O)(=O)Cc1nnnn1C1CC1. The molecule has 8 nitrogen and oxygen atoms in total. The van der Waals surface area contributed by atoms with Crippen LogP contribution in [0.5, 0.6) is 0 Å². The van der Waals surface area contributed by atoms with E-state index in [9.17, 15) is 13.2 Å². The summed E-state index contributed by atoms with van der Waals surface area (Å²) in [5.74, 6) is -0.396. The molecule has 138 valence electrons. The number of sulfone groups is 1. The standard InChI is InChI=1S/C17H21N5O3S/c1-12(17(23)21-10-4-6-13-5-2-3-7-15(13)21)26(24,25)11-16-18-19-20-22(16)14-8-9-14/h2-3,5,7,12,14H,4,6,8-11H2,1H3/t12-/m0/s1. The van der Waals surface area contributed by atoms with Crippen LogP contribution in [0.25, 0.3) is 0 Å². The van der Waals surface area contributed by atoms with Crippen LogP contribution in [-0.2, 0) is 26.8 Å². The zero-order valence-electron chi connectivity index (χ0n) is 14.6. The number of anilines is 1. The van der Waals surface area contributed by atoms with Crippen molar-refractivity contribution in [3.63, 3.8) is 0 Å². The summed E-state index contributed by atoms with van der Waals surface area (Å²) < 4.78 is 27.2. The van der Waals surface area contributed by atoms with Gasteiger partial charge >= 0.3 is 0 Å². The summed E-state index contributed by atoms with van der Waals surface area (Å²) in [6.45, 7) is 2.00. The number of carbonyl (C=O) groups is 1. The van der Waals surface area contributed by atoms with Crippen molar-refractivity contribution in [1.82, 2.24) is 20.2 Å². The summed E-state index contributed by atoms with van der Waals surface area (Å²) in [4.78, 5) is 14.6. The van der Waals surface area contributed by atoms with E-state index in [1.165, 1.54) is 6.92 Å². The van der Waals surface area contributed by atoms with Crippen LogP contribution in [0.4, 0.5) is 5.69 Å². The van der Waals surface area contributed by atoms with Crippen LogP contribution in [0, 0.1) is 0 Å². The van der Waals surface area contributed by atoms with E-state index in [4.69, 9.17) is 0 Å². The van der Waals surface area contributed by atoms with Crippen LogP contribution in [-0.4, -0.2) is 46.3 Å². The zero-order valence-corrected chi connectivity index (χ0v) is 15.4. The molecular formula is C17H21N5O3S. The molecule has 2 aromatic rings. The molecule has 1 fully saturated rings. The number of hydrogen-bond acceptors (Lipinski definition) is 6. The largest absolute Gasteiger partial charge is 0.311 e. The molecule has 1 atom stereocenters. The van der Waals surface area contributed by atoms with Crippen LogP contribution in [0.1, 0.15) is 43.6 Å². The molecule has 0 saturated heterocycles. The highest BCUT2D eigenvalue weighted by atomic mass is 32.2. The summed E-state index contributed by atoms with van der Waals surface area (Å²) in [7, 11) is -3.72. The first-order chi connectivity index (χ1) is 12.5. The van der Waals surface area contributed by atoms with E-state index in [1.54, 1.807) is 9.58 Å². The highest BCUT2D eigenvalue weighted by Gasteiger charge is 2.36. The first-order valence-electron chi connectivity index (χ1n) is 8.85. The van der Waals surface area contributed by atoms with Crippen molar-refractivity contribution >= 4 is 21.4 Å². The van der Waals surface area contributed by atoms with Crippen molar-refractivity contribution in [1.29, 1.82) is 0 Å². The number of aryl methyl sites for hydroxylation is 1. The number of hydrogen-bond donors (Lipinski definition) is 0. The summed E-state index contributed by atoms with van der Waals surface area (Å²) in [6, 6.07) is 7.85. The van der Waals surface area contributed by atoms with Crippen molar-refractivity contribution in [3.8, 4) is 0 Å². The number of rotatable bonds is 5. The third kappa shape index (κ3) is 3.11. The number of fused-ring (bicyclic) bond motifs is 1. The molecule has 2 heterocycles. The number of benzene rings is 1. The fourth-order valence-electron chi connectivity index (χ4n) is 3.35. The molecule has 4 rings (SSSR count). The van der Waals surface area contributed by atoms with Gasteiger partial charge in [-0.1, -0.05) is 18.2 Å². The van der Waals surface area contributed by atoms with E-state index in [-0.39, 0.29) is 17.7 Å². The summed E-state index contributed by atoms with van der Waals surface area (Å²) in [5.41, 5.74) is 1.89. The molecule has 26 heavy (non-hydrogen) atoms. The number of amides is 1. The van der Waals surface area contributed by atoms with Crippen molar-refractivity contribution in [2.75, 3.05) is 11.4 Å². The highest BCUT2D eigenvalue weighted by Crippen LogP contribution is 2.35. The molecule has 2 aliphatic rings. The maximum Gasteiger partial charge on any atom is 0.245 e. The highest BCUT2D eigenvalue weighted by molar-refractivity contribution is 7.92. The molecule has 0 N–H and O–H groups in total. The summed E-state index contributed by atoms with van der Waals surface area (Å²) in [6.07, 6.45) is 3.64. The van der Waals surface area contributed by atoms with Gasteiger partial charge in [-0.05, 0) is 54.7 Å². The van der Waals surface area contributed by atoms with Crippen molar-refractivity contribution in [2.24, 2.45) is 0 Å². The molecule has 9 heteroatoms. The normalized spacial score (nSPS) is 18.4. The molecule has 0 spiro atoms. The van der Waals surface area contributed by atoms with Gasteiger partial charge in [0.1, 0.15) is 11.0 Å². The second-order valence-corrected chi connectivity index (χ2v) is 9.26. The fraction of sp³-hybridized carbons (Fsp3) is 0.529. The molecule has 1 aliphatic carbocycles. The average Bonchev–Trinajstić information content (AvgIpc) is 3.39. The van der Waals surface area contributed by atoms with Gasteiger partial charge in [-0.25, -0.2) is 13.1 Å². The van der Waals surface area contributed by atoms with Crippen LogP contribution in [0.15, 0.2) is 24.3 Å². The Morgan fingerprint density at radius 2 is 2.08 bits per heavy atom. The second kappa shape index (κ2) is 6.46. The van der Waals surface area contributed by atoms with Crippen LogP contribution in [0.2, 0.25) is 0 Å². The Morgan fingerprint density at radius 1 is 1.31 bits per heavy atom. The van der Waals surface area contributed by atoms with E-state index >= 15 is 0 Å². The van der Waals surface area contributed by atoms with E-state index in [0.717, 1.165) is 36.9 Å². The van der Waals surface area contributed by atoms with Crippen LogP contribution < -0.4 is 4.90 Å². The Bertz CT molecular complexity index is 935. The van der Waals surface area contributed by atoms with Gasteiger partial charge in [0.05, 0.1) is 6.04 Å². The van der Waals surface area contributed by atoms with Crippen molar-refractivity contribution in [3.05, 3.63) is 35.7 Å². The van der Waals surface area contributed by atoms with E-state index in [0.29, 0.717) is 12.4 Å². The number of tetrazole rings is 1. The lowest BCUT2D eigenvalue weighted by atomic mass is 10.0. The zero-order chi connectivity index (χ0) is 18.3. The Hall–Kier alpha value is -2.29. The molecule has 0 bridgehead atoms. The van der Waals surface area contributed by atoms with Gasteiger partial charge in [0.15, 0.2) is 15.7 Å². The maximum atomic E-state index is 13.0. The molecule has 1 aliphatic heterocycles. The predicted octanol–water partition coefficient (Wildman–Crippen LogP) is 1.29. The van der Waals surface area contributed by atoms with Gasteiger partial charge in [-0.3, -0.25) is 4.79 Å². The monoisotopic (exact) mass is 375 g/mol. The Labute approximate surface area is 152 Å². The van der Waals surface area contributed by atoms with E-state index in [1.807, 2.05) is 24.3 Å². The third-order valence-electron chi connectivity index (χ3n) is 5.05. The van der Waals surface area contributed by atoms with Gasteiger partial charge < -0.3 is 4.90 Å². The van der Waals surface area contributed by atoms with Gasteiger partial charge in [-0.2, -0.15) is 0 Å². The molecule has 1 aromatic heterocycles. The first kappa shape index (κ1) is 17.1. The number of nitrogens with zero attached hydrogens (tertiary/aromatic N) is 5. The smallest absolute Gasteiger partial charge is 0.245 e. The Morgan fingerprint density at radius 3 is 2.85 bits per heavy atom. The molecule has 1 saturated carbocycles. The van der Waals surface area contributed by atoms with Gasteiger partial charge in [0.25, 0.3) is 0 Å². The minimum Gasteiger partial charge on any atom is -0.311 e. The Balaban J connectivity index is 1.55. The maximum absolute atomic E-state index is 13.0. The van der Waals surface area contributed by atoms with Gasteiger partial charge in [0.2, 0.25) is 5.91 Å². The first-order valence-corrected chi connectivity index (χ1v) is 10.6. The molecule has 1 aromatic carbocycles. The fourth-order valence-corrected chi connectivity index (χ4v) is 4.58. The minimum absolute atomic E-state index is 0.190. The lowest BCUT2D eigenvalue weighted by Crippen LogP contribution is -2.44. The second-order valence-electron chi connectivity index (χ2n) is 6.94. The number of aromatic nitrogens is 4. The molecule has 1 amide bonds. The number of carbonyl (C=O) groups excluding carboxylic acids is 1. The summed E-state index contributed by atoms with van der Waals surface area (Å²) >= 11 is 0. The topological polar surface area (TPSA) is 98.1 Å². The quantitative estimate of drug-likeness (QED) is 0.781. The average molecular weight is 375 g/mol. The molecular weight excluding hydrogens is 354 g/mol. The molecule has 0 unspecified atom stereocenters. The van der Waals surface area contributed by atoms with Crippen LogP contribution >= 0.6 is 0 Å². The van der Waals surface area contributed by atoms with Crippen molar-refractivity contribution < 1.29 is 13.2 Å². The lowest BCUT2D eigenvalue weighted by Gasteiger charge is -2.31. The van der Waals surface area contributed by atoms with E-state index < -0.39 is 15.1 Å². The molecule has 0 radical (unpaired) electrons. The Kier molecular flexibility index (Phi) is 4.26. The minimum atomic E-state index is -3.72. The van der Waals surface area contributed by atoms with Gasteiger partial charge in [0, 0.05) is 12.2 Å². The van der Waals surface area contributed by atoms with Gasteiger partial charge in [-0.15, -0.1) is 5.10 Å². The summed E-state index contributed by atoms with van der Waals surface area (Å²) in [5, 5.41) is 10.2.